The van der Waals surface area contributed by atoms with E-state index in [0.717, 1.165) is 27.4 Å². The van der Waals surface area contributed by atoms with Crippen LogP contribution in [0.15, 0.2) is 33.2 Å². The monoisotopic (exact) mass is 277 g/mol. The highest BCUT2D eigenvalue weighted by Crippen LogP contribution is 2.41. The van der Waals surface area contributed by atoms with Crippen LogP contribution in [0.25, 0.3) is 11.3 Å². The standard InChI is InChI=1S/C13H12BrNO/c1-8-12(10-3-2-4-11(14)7-10)15-13(16-8)9-5-6-9/h2-4,7,9H,5-6H2,1H3. The van der Waals surface area contributed by atoms with Gasteiger partial charge in [0, 0.05) is 16.0 Å². The topological polar surface area (TPSA) is 26.0 Å². The summed E-state index contributed by atoms with van der Waals surface area (Å²) in [5.41, 5.74) is 2.09. The second-order valence-electron chi connectivity index (χ2n) is 4.24. The Morgan fingerprint density at radius 2 is 2.19 bits per heavy atom. The average Bonchev–Trinajstić information content (AvgIpc) is 3.02. The fraction of sp³-hybridized carbons (Fsp3) is 0.308. The molecule has 3 rings (SSSR count). The van der Waals surface area contributed by atoms with Gasteiger partial charge in [-0.2, -0.15) is 0 Å². The lowest BCUT2D eigenvalue weighted by molar-refractivity contribution is 0.473. The summed E-state index contributed by atoms with van der Waals surface area (Å²) in [6, 6.07) is 8.17. The summed E-state index contributed by atoms with van der Waals surface area (Å²) in [7, 11) is 0. The van der Waals surface area contributed by atoms with Gasteiger partial charge in [0.15, 0.2) is 5.89 Å². The molecule has 1 fully saturated rings. The fourth-order valence-electron chi connectivity index (χ4n) is 1.83. The third-order valence-corrected chi connectivity index (χ3v) is 3.33. The highest BCUT2D eigenvalue weighted by Gasteiger charge is 2.29. The molecule has 0 unspecified atom stereocenters. The van der Waals surface area contributed by atoms with Gasteiger partial charge in [0.2, 0.25) is 0 Å². The predicted molar refractivity (Wildman–Crippen MR) is 66.4 cm³/mol. The van der Waals surface area contributed by atoms with E-state index < -0.39 is 0 Å². The second-order valence-corrected chi connectivity index (χ2v) is 5.16. The molecule has 0 N–H and O–H groups in total. The largest absolute Gasteiger partial charge is 0.445 e. The molecule has 1 aromatic carbocycles. The molecule has 0 amide bonds. The molecule has 1 heterocycles. The number of aryl methyl sites for hydroxylation is 1. The first-order valence-corrected chi connectivity index (χ1v) is 6.26. The van der Waals surface area contributed by atoms with Crippen LogP contribution in [-0.2, 0) is 0 Å². The van der Waals surface area contributed by atoms with Crippen LogP contribution < -0.4 is 0 Å². The summed E-state index contributed by atoms with van der Waals surface area (Å²) in [6.07, 6.45) is 2.44. The molecule has 1 aromatic heterocycles. The molecule has 2 nitrogen and oxygen atoms in total. The highest BCUT2D eigenvalue weighted by atomic mass is 79.9. The van der Waals surface area contributed by atoms with Crippen LogP contribution in [-0.4, -0.2) is 4.98 Å². The van der Waals surface area contributed by atoms with Crippen molar-refractivity contribution in [1.82, 2.24) is 4.98 Å². The zero-order chi connectivity index (χ0) is 11.1. The molecule has 1 aliphatic carbocycles. The van der Waals surface area contributed by atoms with Crippen molar-refractivity contribution in [3.05, 3.63) is 40.4 Å². The van der Waals surface area contributed by atoms with E-state index in [1.54, 1.807) is 0 Å². The maximum atomic E-state index is 5.71. The molecule has 0 saturated heterocycles. The third-order valence-electron chi connectivity index (χ3n) is 2.84. The molecule has 0 spiro atoms. The first-order chi connectivity index (χ1) is 7.74. The first kappa shape index (κ1) is 10.1. The van der Waals surface area contributed by atoms with Gasteiger partial charge in [-0.05, 0) is 31.9 Å². The third kappa shape index (κ3) is 1.80. The minimum atomic E-state index is 0.569. The van der Waals surface area contributed by atoms with Gasteiger partial charge in [-0.3, -0.25) is 0 Å². The molecule has 16 heavy (non-hydrogen) atoms. The summed E-state index contributed by atoms with van der Waals surface area (Å²) in [5, 5.41) is 0. The van der Waals surface area contributed by atoms with Crippen LogP contribution in [0.4, 0.5) is 0 Å². The van der Waals surface area contributed by atoms with Crippen LogP contribution in [0.3, 0.4) is 0 Å². The SMILES string of the molecule is Cc1oc(C2CC2)nc1-c1cccc(Br)c1. The number of hydrogen-bond donors (Lipinski definition) is 0. The van der Waals surface area contributed by atoms with Gasteiger partial charge < -0.3 is 4.42 Å². The number of hydrogen-bond acceptors (Lipinski definition) is 2. The van der Waals surface area contributed by atoms with Gasteiger partial charge in [-0.15, -0.1) is 0 Å². The maximum Gasteiger partial charge on any atom is 0.198 e. The van der Waals surface area contributed by atoms with Crippen molar-refractivity contribution >= 4 is 15.9 Å². The van der Waals surface area contributed by atoms with Crippen molar-refractivity contribution < 1.29 is 4.42 Å². The fourth-order valence-corrected chi connectivity index (χ4v) is 2.22. The van der Waals surface area contributed by atoms with Crippen LogP contribution in [0.5, 0.6) is 0 Å². The van der Waals surface area contributed by atoms with E-state index in [4.69, 9.17) is 4.42 Å². The predicted octanol–water partition coefficient (Wildman–Crippen LogP) is 4.29. The van der Waals surface area contributed by atoms with Gasteiger partial charge in [-0.1, -0.05) is 28.1 Å². The lowest BCUT2D eigenvalue weighted by Gasteiger charge is -1.97. The van der Waals surface area contributed by atoms with Gasteiger partial charge in [0.1, 0.15) is 11.5 Å². The van der Waals surface area contributed by atoms with E-state index in [2.05, 4.69) is 33.0 Å². The van der Waals surface area contributed by atoms with Gasteiger partial charge in [-0.25, -0.2) is 4.98 Å². The molecular weight excluding hydrogens is 266 g/mol. The lowest BCUT2D eigenvalue weighted by atomic mass is 10.1. The molecule has 0 aliphatic heterocycles. The Labute approximate surface area is 103 Å². The highest BCUT2D eigenvalue weighted by molar-refractivity contribution is 9.10. The Balaban J connectivity index is 2.04. The Bertz CT molecular complexity index is 528. The first-order valence-electron chi connectivity index (χ1n) is 5.47. The molecule has 3 heteroatoms. The summed E-state index contributed by atoms with van der Waals surface area (Å²) in [6.45, 7) is 1.98. The normalized spacial score (nSPS) is 15.4. The molecular formula is C13H12BrNO. The zero-order valence-corrected chi connectivity index (χ0v) is 10.6. The van der Waals surface area contributed by atoms with Crippen LogP contribution in [0.2, 0.25) is 0 Å². The van der Waals surface area contributed by atoms with E-state index in [0.29, 0.717) is 5.92 Å². The Hall–Kier alpha value is -1.09. The Morgan fingerprint density at radius 3 is 2.88 bits per heavy atom. The zero-order valence-electron chi connectivity index (χ0n) is 9.03. The van der Waals surface area contributed by atoms with E-state index in [-0.39, 0.29) is 0 Å². The van der Waals surface area contributed by atoms with Crippen LogP contribution in [0, 0.1) is 6.92 Å². The van der Waals surface area contributed by atoms with Crippen LogP contribution >= 0.6 is 15.9 Å². The van der Waals surface area contributed by atoms with Crippen molar-refractivity contribution in [3.8, 4) is 11.3 Å². The number of oxazole rings is 1. The van der Waals surface area contributed by atoms with Gasteiger partial charge in [0.25, 0.3) is 0 Å². The molecule has 1 aliphatic rings. The summed E-state index contributed by atoms with van der Waals surface area (Å²) < 4.78 is 6.78. The number of rotatable bonds is 2. The number of halogens is 1. The summed E-state index contributed by atoms with van der Waals surface area (Å²) >= 11 is 3.47. The van der Waals surface area contributed by atoms with Gasteiger partial charge in [0.05, 0.1) is 0 Å². The smallest absolute Gasteiger partial charge is 0.198 e. The summed E-state index contributed by atoms with van der Waals surface area (Å²) in [5.74, 6) is 2.40. The van der Waals surface area contributed by atoms with E-state index in [9.17, 15) is 0 Å². The molecule has 0 bridgehead atoms. The van der Waals surface area contributed by atoms with Crippen molar-refractivity contribution in [3.63, 3.8) is 0 Å². The second kappa shape index (κ2) is 3.74. The van der Waals surface area contributed by atoms with Crippen LogP contribution in [0.1, 0.15) is 30.4 Å². The van der Waals surface area contributed by atoms with Crippen molar-refractivity contribution in [2.24, 2.45) is 0 Å². The number of nitrogens with zero attached hydrogens (tertiary/aromatic N) is 1. The van der Waals surface area contributed by atoms with E-state index in [1.807, 2.05) is 19.1 Å². The quantitative estimate of drug-likeness (QED) is 0.819. The van der Waals surface area contributed by atoms with E-state index in [1.165, 1.54) is 12.8 Å². The Morgan fingerprint density at radius 1 is 1.38 bits per heavy atom. The van der Waals surface area contributed by atoms with Crippen molar-refractivity contribution in [1.29, 1.82) is 0 Å². The average molecular weight is 278 g/mol. The number of benzene rings is 1. The minimum absolute atomic E-state index is 0.569. The van der Waals surface area contributed by atoms with Crippen molar-refractivity contribution in [2.45, 2.75) is 25.7 Å². The van der Waals surface area contributed by atoms with Gasteiger partial charge >= 0.3 is 0 Å². The molecule has 1 saturated carbocycles. The summed E-state index contributed by atoms with van der Waals surface area (Å²) in [4.78, 5) is 4.60. The molecule has 82 valence electrons. The maximum absolute atomic E-state index is 5.71. The molecule has 2 aromatic rings. The Kier molecular flexibility index (Phi) is 2.36. The number of aromatic nitrogens is 1. The molecule has 0 radical (unpaired) electrons. The van der Waals surface area contributed by atoms with Crippen molar-refractivity contribution in [2.75, 3.05) is 0 Å². The van der Waals surface area contributed by atoms with E-state index >= 15 is 0 Å². The lowest BCUT2D eigenvalue weighted by Crippen LogP contribution is -1.82. The minimum Gasteiger partial charge on any atom is -0.445 e. The molecule has 0 atom stereocenters.